The molecule has 0 aliphatic heterocycles. The lowest BCUT2D eigenvalue weighted by Crippen LogP contribution is -2.17. The van der Waals surface area contributed by atoms with Crippen LogP contribution in [-0.2, 0) is 13.0 Å². The molecular weight excluding hydrogens is 228 g/mol. The summed E-state index contributed by atoms with van der Waals surface area (Å²) >= 11 is 0. The van der Waals surface area contributed by atoms with Crippen molar-refractivity contribution in [3.05, 3.63) is 35.3 Å². The van der Waals surface area contributed by atoms with Gasteiger partial charge in [0.2, 0.25) is 0 Å². The second kappa shape index (κ2) is 5.35. The maximum Gasteiger partial charge on any atom is 0.138 e. The summed E-state index contributed by atoms with van der Waals surface area (Å²) in [5, 5.41) is 4.21. The van der Waals surface area contributed by atoms with E-state index >= 15 is 0 Å². The van der Waals surface area contributed by atoms with E-state index in [-0.39, 0.29) is 6.04 Å². The van der Waals surface area contributed by atoms with Crippen LogP contribution in [0.15, 0.2) is 16.8 Å². The normalized spacial score (nSPS) is 12.9. The van der Waals surface area contributed by atoms with Crippen molar-refractivity contribution in [3.63, 3.8) is 0 Å². The van der Waals surface area contributed by atoms with Crippen molar-refractivity contribution in [1.82, 2.24) is 14.8 Å². The molecule has 2 rings (SSSR count). The van der Waals surface area contributed by atoms with Gasteiger partial charge in [-0.3, -0.25) is 4.68 Å². The van der Waals surface area contributed by atoms with Crippen molar-refractivity contribution in [3.8, 4) is 0 Å². The van der Waals surface area contributed by atoms with Gasteiger partial charge in [-0.05, 0) is 26.3 Å². The number of rotatable bonds is 5. The molecule has 0 spiro atoms. The van der Waals surface area contributed by atoms with Crippen molar-refractivity contribution < 1.29 is 4.42 Å². The Bertz CT molecular complexity index is 515. The van der Waals surface area contributed by atoms with Gasteiger partial charge < -0.3 is 10.2 Å². The smallest absolute Gasteiger partial charge is 0.138 e. The summed E-state index contributed by atoms with van der Waals surface area (Å²) in [5.41, 5.74) is 7.28. The Morgan fingerprint density at radius 2 is 2.22 bits per heavy atom. The predicted molar refractivity (Wildman–Crippen MR) is 69.1 cm³/mol. The topological polar surface area (TPSA) is 69.9 Å². The molecule has 0 saturated carbocycles. The van der Waals surface area contributed by atoms with E-state index in [1.807, 2.05) is 24.6 Å². The van der Waals surface area contributed by atoms with Crippen LogP contribution in [0.5, 0.6) is 0 Å². The zero-order valence-corrected chi connectivity index (χ0v) is 11.2. The van der Waals surface area contributed by atoms with E-state index in [4.69, 9.17) is 10.2 Å². The molecular formula is C13H20N4O. The first kappa shape index (κ1) is 12.8. The number of aryl methyl sites for hydroxylation is 3. The maximum absolute atomic E-state index is 6.22. The molecule has 0 bridgehead atoms. The molecule has 0 aliphatic rings. The van der Waals surface area contributed by atoms with Gasteiger partial charge in [-0.2, -0.15) is 5.10 Å². The van der Waals surface area contributed by atoms with Crippen LogP contribution in [0.3, 0.4) is 0 Å². The van der Waals surface area contributed by atoms with Gasteiger partial charge in [0.25, 0.3) is 0 Å². The zero-order valence-electron chi connectivity index (χ0n) is 11.2. The molecule has 1 atom stereocenters. The number of hydrogen-bond donors (Lipinski definition) is 1. The van der Waals surface area contributed by atoms with E-state index in [1.54, 1.807) is 6.33 Å². The lowest BCUT2D eigenvalue weighted by molar-refractivity contribution is 0.494. The number of hydrogen-bond acceptors (Lipinski definition) is 4. The fraction of sp³-hybridized carbons (Fsp3) is 0.538. The van der Waals surface area contributed by atoms with Crippen LogP contribution >= 0.6 is 0 Å². The van der Waals surface area contributed by atoms with Crippen LogP contribution < -0.4 is 5.73 Å². The van der Waals surface area contributed by atoms with Crippen LogP contribution in [0.4, 0.5) is 0 Å². The van der Waals surface area contributed by atoms with E-state index in [0.29, 0.717) is 6.42 Å². The zero-order chi connectivity index (χ0) is 13.1. The van der Waals surface area contributed by atoms with Crippen LogP contribution in [0, 0.1) is 13.8 Å². The number of nitrogens with zero attached hydrogens (tertiary/aromatic N) is 3. The van der Waals surface area contributed by atoms with E-state index in [9.17, 15) is 0 Å². The first-order chi connectivity index (χ1) is 8.61. The maximum atomic E-state index is 6.22. The summed E-state index contributed by atoms with van der Waals surface area (Å²) in [6.45, 7) is 6.88. The highest BCUT2D eigenvalue weighted by molar-refractivity contribution is 5.24. The van der Waals surface area contributed by atoms with Crippen LogP contribution in [0.25, 0.3) is 0 Å². The third-order valence-corrected chi connectivity index (χ3v) is 3.01. The number of furan rings is 1. The highest BCUT2D eigenvalue weighted by Gasteiger charge is 2.16. The Morgan fingerprint density at radius 3 is 2.83 bits per heavy atom. The van der Waals surface area contributed by atoms with Gasteiger partial charge >= 0.3 is 0 Å². The molecule has 0 fully saturated rings. The molecule has 1 unspecified atom stereocenters. The molecule has 0 radical (unpaired) electrons. The third kappa shape index (κ3) is 2.61. The second-order valence-corrected chi connectivity index (χ2v) is 4.58. The largest absolute Gasteiger partial charge is 0.466 e. The molecule has 5 nitrogen and oxygen atoms in total. The minimum Gasteiger partial charge on any atom is -0.466 e. The first-order valence-corrected chi connectivity index (χ1v) is 6.31. The summed E-state index contributed by atoms with van der Waals surface area (Å²) in [4.78, 5) is 4.28. The van der Waals surface area contributed by atoms with Gasteiger partial charge in [0.15, 0.2) is 0 Å². The molecule has 2 heterocycles. The van der Waals surface area contributed by atoms with Crippen molar-refractivity contribution in [2.24, 2.45) is 5.73 Å². The van der Waals surface area contributed by atoms with Gasteiger partial charge in [-0.1, -0.05) is 6.92 Å². The highest BCUT2D eigenvalue weighted by Crippen LogP contribution is 2.22. The van der Waals surface area contributed by atoms with Gasteiger partial charge in [-0.15, -0.1) is 0 Å². The molecule has 2 aromatic rings. The summed E-state index contributed by atoms with van der Waals surface area (Å²) < 4.78 is 7.43. The van der Waals surface area contributed by atoms with Crippen molar-refractivity contribution >= 4 is 0 Å². The molecule has 0 saturated heterocycles. The van der Waals surface area contributed by atoms with Gasteiger partial charge in [0, 0.05) is 24.6 Å². The second-order valence-electron chi connectivity index (χ2n) is 4.58. The predicted octanol–water partition coefficient (Wildman–Crippen LogP) is 2.14. The van der Waals surface area contributed by atoms with Gasteiger partial charge in [0.05, 0.1) is 0 Å². The fourth-order valence-electron chi connectivity index (χ4n) is 2.17. The van der Waals surface area contributed by atoms with Crippen LogP contribution in [0.1, 0.15) is 42.3 Å². The lowest BCUT2D eigenvalue weighted by atomic mass is 10.1. The van der Waals surface area contributed by atoms with Crippen molar-refractivity contribution in [2.75, 3.05) is 0 Å². The molecule has 2 N–H and O–H groups in total. The summed E-state index contributed by atoms with van der Waals surface area (Å²) in [6.07, 6.45) is 3.31. The Morgan fingerprint density at radius 1 is 1.44 bits per heavy atom. The van der Waals surface area contributed by atoms with Gasteiger partial charge in [-0.25, -0.2) is 4.98 Å². The highest BCUT2D eigenvalue weighted by atomic mass is 16.3. The molecule has 0 amide bonds. The quantitative estimate of drug-likeness (QED) is 0.880. The Labute approximate surface area is 107 Å². The molecule has 0 aliphatic carbocycles. The fourth-order valence-corrected chi connectivity index (χ4v) is 2.17. The number of aromatic nitrogens is 3. The van der Waals surface area contributed by atoms with Crippen LogP contribution in [0.2, 0.25) is 0 Å². The van der Waals surface area contributed by atoms with E-state index in [0.717, 1.165) is 35.9 Å². The number of nitrogens with two attached hydrogens (primary N) is 1. The first-order valence-electron chi connectivity index (χ1n) is 6.31. The van der Waals surface area contributed by atoms with E-state index < -0.39 is 0 Å². The Balaban J connectivity index is 2.13. The summed E-state index contributed by atoms with van der Waals surface area (Å²) in [5.74, 6) is 2.72. The van der Waals surface area contributed by atoms with Crippen molar-refractivity contribution in [1.29, 1.82) is 0 Å². The van der Waals surface area contributed by atoms with Gasteiger partial charge in [0.1, 0.15) is 23.7 Å². The standard InChI is InChI=1S/C13H20N4O/c1-4-5-17-13(15-8-16-17)7-12(14)11-6-9(2)18-10(11)3/h6,8,12H,4-5,7,14H2,1-3H3. The average molecular weight is 248 g/mol. The van der Waals surface area contributed by atoms with E-state index in [2.05, 4.69) is 17.0 Å². The monoisotopic (exact) mass is 248 g/mol. The van der Waals surface area contributed by atoms with Crippen LogP contribution in [-0.4, -0.2) is 14.8 Å². The molecule has 18 heavy (non-hydrogen) atoms. The Kier molecular flexibility index (Phi) is 3.81. The van der Waals surface area contributed by atoms with Crippen molar-refractivity contribution in [2.45, 2.75) is 46.2 Å². The summed E-state index contributed by atoms with van der Waals surface area (Å²) in [6, 6.07) is 1.91. The molecule has 2 aromatic heterocycles. The molecule has 98 valence electrons. The third-order valence-electron chi connectivity index (χ3n) is 3.01. The van der Waals surface area contributed by atoms with E-state index in [1.165, 1.54) is 0 Å². The lowest BCUT2D eigenvalue weighted by Gasteiger charge is -2.11. The minimum absolute atomic E-state index is 0.0951. The average Bonchev–Trinajstić information content (AvgIpc) is 2.87. The summed E-state index contributed by atoms with van der Waals surface area (Å²) in [7, 11) is 0. The molecule has 5 heteroatoms. The molecule has 0 aromatic carbocycles. The SMILES string of the molecule is CCCn1ncnc1CC(N)c1cc(C)oc1C. The Hall–Kier alpha value is -1.62. The minimum atomic E-state index is -0.0951.